The second-order valence-electron chi connectivity index (χ2n) is 11.6. The minimum absolute atomic E-state index is 0.196. The zero-order valence-electron chi connectivity index (χ0n) is 24.0. The molecule has 8 nitrogen and oxygen atoms in total. The molecule has 10 heteroatoms. The number of hydrogen-bond acceptors (Lipinski definition) is 8. The molecule has 0 radical (unpaired) electrons. The average Bonchev–Trinajstić information content (AvgIpc) is 3.27. The van der Waals surface area contributed by atoms with Gasteiger partial charge in [0.2, 0.25) is 0 Å². The van der Waals surface area contributed by atoms with Crippen LogP contribution in [0.1, 0.15) is 49.9 Å². The quantitative estimate of drug-likeness (QED) is 0.384. The number of nitrogens with one attached hydrogen (secondary N) is 1. The summed E-state index contributed by atoms with van der Waals surface area (Å²) in [4.78, 5) is 38.8. The minimum atomic E-state index is -0.468. The lowest BCUT2D eigenvalue weighted by Crippen LogP contribution is -2.44. The molecule has 2 atom stereocenters. The maximum Gasteiger partial charge on any atom is 0.255 e. The van der Waals surface area contributed by atoms with Crippen molar-refractivity contribution in [1.29, 1.82) is 0 Å². The van der Waals surface area contributed by atoms with Gasteiger partial charge in [-0.1, -0.05) is 24.8 Å². The van der Waals surface area contributed by atoms with Crippen LogP contribution in [0.4, 0.5) is 21.6 Å². The number of benzene rings is 2. The number of piperidine rings is 2. The van der Waals surface area contributed by atoms with E-state index in [0.29, 0.717) is 49.3 Å². The number of ether oxygens (including phenoxy) is 1. The van der Waals surface area contributed by atoms with Crippen molar-refractivity contribution < 1.29 is 18.7 Å². The highest BCUT2D eigenvalue weighted by atomic mass is 32.2. The van der Waals surface area contributed by atoms with E-state index in [0.717, 1.165) is 48.3 Å². The highest BCUT2D eigenvalue weighted by Gasteiger charge is 2.47. The van der Waals surface area contributed by atoms with E-state index in [-0.39, 0.29) is 16.8 Å². The Labute approximate surface area is 250 Å². The first-order valence-corrected chi connectivity index (χ1v) is 15.5. The Kier molecular flexibility index (Phi) is 8.18. The number of halogens is 1. The Morgan fingerprint density at radius 1 is 1.02 bits per heavy atom. The second-order valence-corrected chi connectivity index (χ2v) is 12.7. The number of Topliss-reactive ketones (excluding diaryl/α,β-unsaturated/α-hetero) is 1. The van der Waals surface area contributed by atoms with Gasteiger partial charge in [-0.15, -0.1) is 0 Å². The maximum absolute atomic E-state index is 14.9. The van der Waals surface area contributed by atoms with Gasteiger partial charge in [0, 0.05) is 60.6 Å². The SMILES string of the molecule is C[C@@H]1OCC2(CCN(c3cnc(Sc4cccc(NC(=O)c5ccc(N6CCC(=O)CC6)c(F)c5)c4)cn3)CC2)[C@@H]1C. The molecule has 6 rings (SSSR count). The van der Waals surface area contributed by atoms with Crippen LogP contribution >= 0.6 is 11.8 Å². The maximum atomic E-state index is 14.9. The molecule has 42 heavy (non-hydrogen) atoms. The predicted octanol–water partition coefficient (Wildman–Crippen LogP) is 5.83. The average molecular weight is 590 g/mol. The van der Waals surface area contributed by atoms with Crippen LogP contribution in [0.3, 0.4) is 0 Å². The van der Waals surface area contributed by atoms with E-state index in [4.69, 9.17) is 9.72 Å². The van der Waals surface area contributed by atoms with Gasteiger partial charge < -0.3 is 19.9 Å². The Hall–Kier alpha value is -3.50. The lowest BCUT2D eigenvalue weighted by molar-refractivity contribution is -0.119. The molecule has 1 spiro atoms. The summed E-state index contributed by atoms with van der Waals surface area (Å²) in [5.41, 5.74) is 1.54. The van der Waals surface area contributed by atoms with E-state index in [9.17, 15) is 14.0 Å². The third kappa shape index (κ3) is 6.01. The van der Waals surface area contributed by atoms with Gasteiger partial charge in [0.1, 0.15) is 22.4 Å². The third-order valence-electron chi connectivity index (χ3n) is 9.19. The molecule has 1 N–H and O–H groups in total. The number of anilines is 3. The lowest BCUT2D eigenvalue weighted by Gasteiger charge is -2.41. The predicted molar refractivity (Wildman–Crippen MR) is 162 cm³/mol. The summed E-state index contributed by atoms with van der Waals surface area (Å²) in [6.45, 7) is 8.25. The molecule has 3 aliphatic rings. The largest absolute Gasteiger partial charge is 0.378 e. The summed E-state index contributed by atoms with van der Waals surface area (Å²) < 4.78 is 20.8. The van der Waals surface area contributed by atoms with Gasteiger partial charge in [0.15, 0.2) is 0 Å². The number of ketones is 1. The number of carbonyl (C=O) groups excluding carboxylic acids is 2. The topological polar surface area (TPSA) is 87.7 Å². The highest BCUT2D eigenvalue weighted by molar-refractivity contribution is 7.99. The number of carbonyl (C=O) groups is 2. The monoisotopic (exact) mass is 589 g/mol. The van der Waals surface area contributed by atoms with Crippen molar-refractivity contribution in [2.24, 2.45) is 11.3 Å². The summed E-state index contributed by atoms with van der Waals surface area (Å²) in [5, 5.41) is 3.63. The summed E-state index contributed by atoms with van der Waals surface area (Å²) >= 11 is 1.47. The molecule has 0 bridgehead atoms. The van der Waals surface area contributed by atoms with Crippen molar-refractivity contribution in [2.75, 3.05) is 47.9 Å². The Morgan fingerprint density at radius 2 is 1.81 bits per heavy atom. The summed E-state index contributed by atoms with van der Waals surface area (Å²) in [6, 6.07) is 12.0. The fourth-order valence-electron chi connectivity index (χ4n) is 6.24. The molecule has 3 fully saturated rings. The zero-order chi connectivity index (χ0) is 29.3. The number of hydrogen-bond donors (Lipinski definition) is 1. The van der Waals surface area contributed by atoms with Gasteiger partial charge >= 0.3 is 0 Å². The van der Waals surface area contributed by atoms with Crippen LogP contribution < -0.4 is 15.1 Å². The Balaban J connectivity index is 1.05. The van der Waals surface area contributed by atoms with Crippen molar-refractivity contribution in [3.63, 3.8) is 0 Å². The van der Waals surface area contributed by atoms with Gasteiger partial charge in [-0.25, -0.2) is 14.4 Å². The molecule has 1 amide bonds. The summed E-state index contributed by atoms with van der Waals surface area (Å²) in [5.74, 6) is 0.801. The van der Waals surface area contributed by atoms with Gasteiger partial charge in [0.05, 0.1) is 30.8 Å². The molecular formula is C32H36FN5O3S. The molecule has 4 heterocycles. The van der Waals surface area contributed by atoms with Gasteiger partial charge in [-0.2, -0.15) is 0 Å². The Morgan fingerprint density at radius 3 is 2.48 bits per heavy atom. The molecule has 3 saturated heterocycles. The first-order chi connectivity index (χ1) is 20.3. The number of amides is 1. The van der Waals surface area contributed by atoms with Crippen molar-refractivity contribution in [3.8, 4) is 0 Å². The van der Waals surface area contributed by atoms with E-state index in [1.807, 2.05) is 29.3 Å². The van der Waals surface area contributed by atoms with E-state index in [1.54, 1.807) is 24.4 Å². The van der Waals surface area contributed by atoms with Gasteiger partial charge in [0.25, 0.3) is 5.91 Å². The van der Waals surface area contributed by atoms with E-state index < -0.39 is 11.7 Å². The van der Waals surface area contributed by atoms with Crippen LogP contribution in [0, 0.1) is 17.2 Å². The first kappa shape index (κ1) is 28.6. The van der Waals surface area contributed by atoms with Crippen LogP contribution in [0.5, 0.6) is 0 Å². The second kappa shape index (κ2) is 12.0. The standard InChI is InChI=1S/C32H36FN5O3S/c1-21-22(2)41-20-32(21)10-14-38(15-11-32)29-18-35-30(19-34-29)42-26-5-3-4-24(17-26)36-31(40)23-6-7-28(27(33)16-23)37-12-8-25(39)9-13-37/h3-7,16-19,21-22H,8-15,20H2,1-2H3,(H,36,40)/t21-,22+/m1/s1. The zero-order valence-corrected chi connectivity index (χ0v) is 24.8. The van der Waals surface area contributed by atoms with E-state index in [2.05, 4.69) is 29.0 Å². The molecule has 0 saturated carbocycles. The van der Waals surface area contributed by atoms with E-state index >= 15 is 0 Å². The fourth-order valence-corrected chi connectivity index (χ4v) is 7.03. The van der Waals surface area contributed by atoms with Gasteiger partial charge in [-0.3, -0.25) is 9.59 Å². The first-order valence-electron chi connectivity index (χ1n) is 14.6. The normalized spacial score (nSPS) is 22.0. The molecule has 3 aromatic rings. The molecule has 0 unspecified atom stereocenters. The molecule has 220 valence electrons. The van der Waals surface area contributed by atoms with Crippen molar-refractivity contribution in [3.05, 3.63) is 66.2 Å². The van der Waals surface area contributed by atoms with Crippen LogP contribution in [-0.2, 0) is 9.53 Å². The lowest BCUT2D eigenvalue weighted by atomic mass is 9.70. The fraction of sp³-hybridized carbons (Fsp3) is 0.438. The Bertz CT molecular complexity index is 1450. The van der Waals surface area contributed by atoms with Crippen LogP contribution in [0.2, 0.25) is 0 Å². The number of nitrogens with zero attached hydrogens (tertiary/aromatic N) is 4. The summed E-state index contributed by atoms with van der Waals surface area (Å²) in [6.07, 6.45) is 7.00. The molecular weight excluding hydrogens is 553 g/mol. The van der Waals surface area contributed by atoms with Crippen LogP contribution in [0.15, 0.2) is 64.8 Å². The molecule has 2 aromatic carbocycles. The van der Waals surface area contributed by atoms with Crippen molar-refractivity contribution in [1.82, 2.24) is 9.97 Å². The minimum Gasteiger partial charge on any atom is -0.378 e. The molecule has 1 aromatic heterocycles. The van der Waals surface area contributed by atoms with Crippen molar-refractivity contribution in [2.45, 2.75) is 55.6 Å². The molecule has 0 aliphatic carbocycles. The van der Waals surface area contributed by atoms with E-state index in [1.165, 1.54) is 17.8 Å². The number of rotatable bonds is 6. The van der Waals surface area contributed by atoms with Crippen LogP contribution in [0.25, 0.3) is 0 Å². The van der Waals surface area contributed by atoms with Crippen LogP contribution in [-0.4, -0.2) is 60.5 Å². The van der Waals surface area contributed by atoms with Gasteiger partial charge in [-0.05, 0) is 62.1 Å². The smallest absolute Gasteiger partial charge is 0.255 e. The molecule has 3 aliphatic heterocycles. The summed E-state index contributed by atoms with van der Waals surface area (Å²) in [7, 11) is 0. The highest BCUT2D eigenvalue weighted by Crippen LogP contribution is 2.46. The third-order valence-corrected chi connectivity index (χ3v) is 10.1. The number of aromatic nitrogens is 2. The van der Waals surface area contributed by atoms with Crippen molar-refractivity contribution >= 4 is 40.6 Å².